The molecule has 4 rings (SSSR count). The molecule has 0 fully saturated rings. The van der Waals surface area contributed by atoms with Crippen LogP contribution < -0.4 is 10.6 Å². The molecule has 196 valence electrons. The lowest BCUT2D eigenvalue weighted by Gasteiger charge is -2.23. The van der Waals surface area contributed by atoms with Crippen LogP contribution in [-0.2, 0) is 4.79 Å². The van der Waals surface area contributed by atoms with Gasteiger partial charge < -0.3 is 15.5 Å². The number of carbonyl (C=O) groups excluding carboxylic acids is 2. The number of rotatable bonds is 10. The van der Waals surface area contributed by atoms with Crippen molar-refractivity contribution in [1.82, 2.24) is 14.7 Å². The van der Waals surface area contributed by atoms with Gasteiger partial charge in [0.15, 0.2) is 0 Å². The van der Waals surface area contributed by atoms with Crippen molar-refractivity contribution in [3.63, 3.8) is 0 Å². The van der Waals surface area contributed by atoms with E-state index in [1.807, 2.05) is 30.3 Å². The van der Waals surface area contributed by atoms with Crippen molar-refractivity contribution in [2.75, 3.05) is 23.7 Å². The first-order valence-electron chi connectivity index (χ1n) is 12.5. The second-order valence-corrected chi connectivity index (χ2v) is 9.22. The molecule has 0 bridgehead atoms. The molecule has 0 aliphatic rings. The summed E-state index contributed by atoms with van der Waals surface area (Å²) in [4.78, 5) is 27.7. The minimum absolute atomic E-state index is 0.154. The van der Waals surface area contributed by atoms with Gasteiger partial charge in [-0.05, 0) is 55.0 Å². The summed E-state index contributed by atoms with van der Waals surface area (Å²) in [5, 5.41) is 10.9. The van der Waals surface area contributed by atoms with Gasteiger partial charge in [-0.2, -0.15) is 5.10 Å². The maximum atomic E-state index is 13.6. The van der Waals surface area contributed by atoms with Gasteiger partial charge in [-0.1, -0.05) is 61.7 Å². The molecule has 0 aliphatic heterocycles. The Kier molecular flexibility index (Phi) is 9.11. The third kappa shape index (κ3) is 7.20. The molecular formula is C29H29ClFN5O2. The van der Waals surface area contributed by atoms with Crippen LogP contribution in [0.3, 0.4) is 0 Å². The summed E-state index contributed by atoms with van der Waals surface area (Å²) in [7, 11) is 0. The number of carbonyl (C=O) groups is 2. The Bertz CT molecular complexity index is 1360. The van der Waals surface area contributed by atoms with E-state index in [1.54, 1.807) is 47.1 Å². The summed E-state index contributed by atoms with van der Waals surface area (Å²) >= 11 is 5.94. The summed E-state index contributed by atoms with van der Waals surface area (Å²) < 4.78 is 15.1. The molecule has 3 aromatic carbocycles. The third-order valence-electron chi connectivity index (χ3n) is 5.87. The summed E-state index contributed by atoms with van der Waals surface area (Å²) in [5.74, 6) is -0.341. The average Bonchev–Trinajstić information content (AvgIpc) is 3.34. The molecular weight excluding hydrogens is 505 g/mol. The number of amides is 3. The van der Waals surface area contributed by atoms with Crippen LogP contribution in [0.1, 0.15) is 26.2 Å². The van der Waals surface area contributed by atoms with Crippen LogP contribution >= 0.6 is 11.6 Å². The summed E-state index contributed by atoms with van der Waals surface area (Å²) in [6.45, 7) is 2.34. The van der Waals surface area contributed by atoms with E-state index in [2.05, 4.69) is 22.7 Å². The van der Waals surface area contributed by atoms with Crippen LogP contribution in [0, 0.1) is 5.82 Å². The highest BCUT2D eigenvalue weighted by atomic mass is 35.5. The quantitative estimate of drug-likeness (QED) is 0.215. The largest absolute Gasteiger partial charge is 0.322 e. The lowest BCUT2D eigenvalue weighted by atomic mass is 10.1. The first-order valence-corrected chi connectivity index (χ1v) is 12.8. The fourth-order valence-corrected chi connectivity index (χ4v) is 4.02. The zero-order valence-corrected chi connectivity index (χ0v) is 21.8. The normalized spacial score (nSPS) is 10.7. The molecule has 0 atom stereocenters. The van der Waals surface area contributed by atoms with Gasteiger partial charge in [0.2, 0.25) is 5.91 Å². The second-order valence-electron chi connectivity index (χ2n) is 8.78. The van der Waals surface area contributed by atoms with Crippen LogP contribution in [0.2, 0.25) is 5.02 Å². The number of unbranched alkanes of at least 4 members (excludes halogenated alkanes) is 2. The fourth-order valence-electron chi connectivity index (χ4n) is 3.90. The van der Waals surface area contributed by atoms with Gasteiger partial charge in [0.25, 0.3) is 0 Å². The third-order valence-corrected chi connectivity index (χ3v) is 6.12. The molecule has 9 heteroatoms. The molecule has 0 aliphatic carbocycles. The van der Waals surface area contributed by atoms with E-state index in [9.17, 15) is 14.0 Å². The van der Waals surface area contributed by atoms with E-state index in [4.69, 9.17) is 11.6 Å². The number of nitrogens with one attached hydrogen (secondary N) is 2. The van der Waals surface area contributed by atoms with Crippen molar-refractivity contribution in [2.24, 2.45) is 0 Å². The van der Waals surface area contributed by atoms with Crippen LogP contribution in [0.5, 0.6) is 0 Å². The molecule has 0 unspecified atom stereocenters. The van der Waals surface area contributed by atoms with Crippen molar-refractivity contribution in [3.05, 3.63) is 95.8 Å². The van der Waals surface area contributed by atoms with E-state index in [-0.39, 0.29) is 24.3 Å². The maximum Gasteiger partial charge on any atom is 0.322 e. The fraction of sp³-hybridized carbons (Fsp3) is 0.207. The highest BCUT2D eigenvalue weighted by Gasteiger charge is 2.20. The van der Waals surface area contributed by atoms with Gasteiger partial charge >= 0.3 is 6.03 Å². The van der Waals surface area contributed by atoms with Gasteiger partial charge in [0.05, 0.1) is 11.4 Å². The molecule has 1 aromatic heterocycles. The molecule has 0 spiro atoms. The number of aromatic nitrogens is 2. The van der Waals surface area contributed by atoms with Gasteiger partial charge in [-0.3, -0.25) is 4.79 Å². The minimum Gasteiger partial charge on any atom is -0.315 e. The lowest BCUT2D eigenvalue weighted by molar-refractivity contribution is -0.116. The monoisotopic (exact) mass is 533 g/mol. The Hall–Kier alpha value is -4.17. The minimum atomic E-state index is -0.379. The average molecular weight is 534 g/mol. The molecule has 0 saturated carbocycles. The van der Waals surface area contributed by atoms with E-state index in [1.165, 1.54) is 17.0 Å². The molecule has 4 aromatic rings. The highest BCUT2D eigenvalue weighted by molar-refractivity contribution is 6.30. The topological polar surface area (TPSA) is 79.3 Å². The van der Waals surface area contributed by atoms with Crippen LogP contribution in [-0.4, -0.2) is 39.7 Å². The number of nitrogens with zero attached hydrogens (tertiary/aromatic N) is 3. The van der Waals surface area contributed by atoms with Gasteiger partial charge in [-0.25, -0.2) is 13.9 Å². The van der Waals surface area contributed by atoms with E-state index < -0.39 is 0 Å². The van der Waals surface area contributed by atoms with Crippen molar-refractivity contribution < 1.29 is 14.0 Å². The molecule has 3 amide bonds. The molecule has 1 heterocycles. The predicted octanol–water partition coefficient (Wildman–Crippen LogP) is 6.99. The number of urea groups is 1. The van der Waals surface area contributed by atoms with Crippen molar-refractivity contribution in [2.45, 2.75) is 26.2 Å². The molecule has 0 radical (unpaired) electrons. The summed E-state index contributed by atoms with van der Waals surface area (Å²) in [5.41, 5.74) is 2.68. The smallest absolute Gasteiger partial charge is 0.315 e. The van der Waals surface area contributed by atoms with Crippen molar-refractivity contribution in [3.8, 4) is 16.9 Å². The van der Waals surface area contributed by atoms with Crippen molar-refractivity contribution in [1.29, 1.82) is 0 Å². The van der Waals surface area contributed by atoms with Crippen LogP contribution in [0.15, 0.2) is 84.9 Å². The zero-order chi connectivity index (χ0) is 26.9. The Morgan fingerprint density at radius 2 is 1.66 bits per heavy atom. The Morgan fingerprint density at radius 3 is 2.34 bits per heavy atom. The Balaban J connectivity index is 1.54. The summed E-state index contributed by atoms with van der Waals surface area (Å²) in [6, 6.07) is 23.5. The predicted molar refractivity (Wildman–Crippen MR) is 149 cm³/mol. The number of halogens is 2. The van der Waals surface area contributed by atoms with Gasteiger partial charge in [-0.15, -0.1) is 0 Å². The van der Waals surface area contributed by atoms with E-state index >= 15 is 0 Å². The van der Waals surface area contributed by atoms with Crippen molar-refractivity contribution >= 4 is 35.0 Å². The number of hydrogen-bond donors (Lipinski definition) is 2. The number of anilines is 2. The molecule has 0 saturated heterocycles. The molecule has 7 nitrogen and oxygen atoms in total. The standard InChI is InChI=1S/C29H29ClFN5O2/c1-2-3-7-18-35(29(38)32-24-14-10-22(30)11-15-24)20-28(37)33-27-19-26(21-8-5-4-6-9-21)34-36(27)25-16-12-23(31)13-17-25/h4-6,8-17,19H,2-3,7,18,20H2,1H3,(H,32,38)(H,33,37). The SMILES string of the molecule is CCCCCN(CC(=O)Nc1cc(-c2ccccc2)nn1-c1ccc(F)cc1)C(=O)Nc1ccc(Cl)cc1. The number of benzene rings is 3. The number of hydrogen-bond acceptors (Lipinski definition) is 3. The van der Waals surface area contributed by atoms with Crippen LogP contribution in [0.4, 0.5) is 20.7 Å². The van der Waals surface area contributed by atoms with Gasteiger partial charge in [0.1, 0.15) is 18.2 Å². The van der Waals surface area contributed by atoms with Crippen LogP contribution in [0.25, 0.3) is 16.9 Å². The second kappa shape index (κ2) is 12.9. The Labute approximate surface area is 226 Å². The van der Waals surface area contributed by atoms with Gasteiger partial charge in [0, 0.05) is 28.9 Å². The molecule has 38 heavy (non-hydrogen) atoms. The maximum absolute atomic E-state index is 13.6. The first-order chi connectivity index (χ1) is 18.4. The zero-order valence-electron chi connectivity index (χ0n) is 21.0. The first kappa shape index (κ1) is 26.9. The Morgan fingerprint density at radius 1 is 0.947 bits per heavy atom. The molecule has 2 N–H and O–H groups in total. The van der Waals surface area contributed by atoms with E-state index in [0.29, 0.717) is 34.5 Å². The lowest BCUT2D eigenvalue weighted by Crippen LogP contribution is -2.41. The summed E-state index contributed by atoms with van der Waals surface area (Å²) in [6.07, 6.45) is 2.69. The van der Waals surface area contributed by atoms with E-state index in [0.717, 1.165) is 24.8 Å². The highest BCUT2D eigenvalue weighted by Crippen LogP contribution is 2.25.